The molecule has 5 nitrogen and oxygen atoms in total. The summed E-state index contributed by atoms with van der Waals surface area (Å²) in [4.78, 5) is 16.8. The minimum absolute atomic E-state index is 0.197. The maximum atomic E-state index is 12.2. The predicted octanol–water partition coefficient (Wildman–Crippen LogP) is 4.13. The van der Waals surface area contributed by atoms with Crippen LogP contribution < -0.4 is 16.0 Å². The molecular formula is C23H32N4O. The van der Waals surface area contributed by atoms with Crippen LogP contribution in [0.3, 0.4) is 0 Å². The Kier molecular flexibility index (Phi) is 7.61. The number of nitrogens with one attached hydrogen (secondary N) is 3. The largest absolute Gasteiger partial charge is 0.385 e. The lowest BCUT2D eigenvalue weighted by Crippen LogP contribution is -2.24. The summed E-state index contributed by atoms with van der Waals surface area (Å²) in [7, 11) is 1.62. The fraction of sp³-hybridized carbons (Fsp3) is 0.391. The molecule has 5 heteroatoms. The number of hydrogen-bond donors (Lipinski definition) is 3. The summed E-state index contributed by atoms with van der Waals surface area (Å²) in [6.07, 6.45) is 1.65. The van der Waals surface area contributed by atoms with Gasteiger partial charge in [0, 0.05) is 48.7 Å². The van der Waals surface area contributed by atoms with E-state index in [9.17, 15) is 4.79 Å². The van der Waals surface area contributed by atoms with Gasteiger partial charge in [0.25, 0.3) is 5.91 Å². The molecule has 1 aromatic carbocycles. The smallest absolute Gasteiger partial charge is 0.269 e. The molecule has 150 valence electrons. The molecule has 0 radical (unpaired) electrons. The van der Waals surface area contributed by atoms with Gasteiger partial charge >= 0.3 is 0 Å². The van der Waals surface area contributed by atoms with E-state index >= 15 is 0 Å². The molecule has 1 heterocycles. The minimum atomic E-state index is -0.197. The zero-order valence-corrected chi connectivity index (χ0v) is 17.6. The van der Waals surface area contributed by atoms with Gasteiger partial charge < -0.3 is 16.0 Å². The molecule has 3 N–H and O–H groups in total. The Labute approximate surface area is 168 Å². The number of rotatable bonds is 9. The van der Waals surface area contributed by atoms with Crippen LogP contribution >= 0.6 is 0 Å². The van der Waals surface area contributed by atoms with E-state index in [0.717, 1.165) is 35.6 Å². The second-order valence-electron chi connectivity index (χ2n) is 7.04. The predicted molar refractivity (Wildman–Crippen MR) is 118 cm³/mol. The summed E-state index contributed by atoms with van der Waals surface area (Å²) in [5.74, 6) is -0.197. The van der Waals surface area contributed by atoms with E-state index in [0.29, 0.717) is 18.2 Å². The number of nitrogens with zero attached hydrogens (tertiary/aromatic N) is 1. The molecule has 0 saturated carbocycles. The van der Waals surface area contributed by atoms with Crippen LogP contribution in [0.25, 0.3) is 5.70 Å². The fourth-order valence-corrected chi connectivity index (χ4v) is 3.03. The van der Waals surface area contributed by atoms with Gasteiger partial charge in [0.1, 0.15) is 5.69 Å². The Balaban J connectivity index is 2.40. The Bertz CT molecular complexity index is 844. The average Bonchev–Trinajstić information content (AvgIpc) is 2.70. The van der Waals surface area contributed by atoms with Crippen LogP contribution in [0.2, 0.25) is 0 Å². The molecule has 0 aliphatic heterocycles. The van der Waals surface area contributed by atoms with Gasteiger partial charge in [0.15, 0.2) is 0 Å². The third kappa shape index (κ3) is 5.35. The molecule has 0 unspecified atom stereocenters. The van der Waals surface area contributed by atoms with Gasteiger partial charge in [-0.15, -0.1) is 0 Å². The van der Waals surface area contributed by atoms with Crippen LogP contribution in [0.4, 0.5) is 5.69 Å². The highest BCUT2D eigenvalue weighted by molar-refractivity contribution is 5.93. The fourth-order valence-electron chi connectivity index (χ4n) is 3.03. The van der Waals surface area contributed by atoms with Gasteiger partial charge in [-0.2, -0.15) is 0 Å². The van der Waals surface area contributed by atoms with Crippen molar-refractivity contribution in [2.75, 3.05) is 18.9 Å². The molecule has 2 aromatic rings. The second-order valence-corrected chi connectivity index (χ2v) is 7.04. The Morgan fingerprint density at radius 3 is 2.64 bits per heavy atom. The minimum Gasteiger partial charge on any atom is -0.385 e. The van der Waals surface area contributed by atoms with Crippen molar-refractivity contribution in [3.8, 4) is 0 Å². The van der Waals surface area contributed by atoms with E-state index < -0.39 is 0 Å². The molecule has 0 aliphatic rings. The van der Waals surface area contributed by atoms with E-state index in [4.69, 9.17) is 0 Å². The lowest BCUT2D eigenvalue weighted by molar-refractivity contribution is 0.0958. The number of benzene rings is 1. The third-order valence-electron chi connectivity index (χ3n) is 4.90. The van der Waals surface area contributed by atoms with Gasteiger partial charge in [-0.3, -0.25) is 4.79 Å². The molecule has 0 aliphatic carbocycles. The highest BCUT2D eigenvalue weighted by atomic mass is 16.1. The summed E-state index contributed by atoms with van der Waals surface area (Å²) >= 11 is 0. The zero-order valence-electron chi connectivity index (χ0n) is 17.6. The maximum absolute atomic E-state index is 12.2. The molecule has 1 atom stereocenters. The van der Waals surface area contributed by atoms with Crippen LogP contribution in [0, 0.1) is 6.92 Å². The van der Waals surface area contributed by atoms with Crippen LogP contribution in [0.15, 0.2) is 36.9 Å². The molecule has 0 spiro atoms. The van der Waals surface area contributed by atoms with E-state index in [1.165, 1.54) is 11.1 Å². The van der Waals surface area contributed by atoms with E-state index in [-0.39, 0.29) is 5.91 Å². The van der Waals surface area contributed by atoms with Crippen LogP contribution in [0.1, 0.15) is 60.1 Å². The first-order valence-electron chi connectivity index (χ1n) is 9.90. The first-order chi connectivity index (χ1) is 13.4. The number of aromatic nitrogens is 1. The quantitative estimate of drug-likeness (QED) is 0.612. The van der Waals surface area contributed by atoms with Gasteiger partial charge in [0.2, 0.25) is 0 Å². The van der Waals surface area contributed by atoms with Gasteiger partial charge in [-0.25, -0.2) is 4.98 Å². The Hall–Kier alpha value is -2.82. The molecular weight excluding hydrogens is 348 g/mol. The Morgan fingerprint density at radius 1 is 1.25 bits per heavy atom. The molecule has 2 rings (SSSR count). The SMILES string of the molecule is C=C(N[C@H](C)CC)c1cc(Cc2cccc(NCC)c2C)nc(C(=O)NC)c1. The number of pyridine rings is 1. The van der Waals surface area contributed by atoms with Crippen molar-refractivity contribution in [2.24, 2.45) is 0 Å². The van der Waals surface area contributed by atoms with Crippen LogP contribution in [-0.4, -0.2) is 30.5 Å². The molecule has 28 heavy (non-hydrogen) atoms. The van der Waals surface area contributed by atoms with Crippen molar-refractivity contribution in [2.45, 2.75) is 46.6 Å². The number of anilines is 1. The molecule has 0 fully saturated rings. The summed E-state index contributed by atoms with van der Waals surface area (Å²) in [6.45, 7) is 13.5. The molecule has 1 amide bonds. The van der Waals surface area contributed by atoms with Gasteiger partial charge in [0.05, 0.1) is 0 Å². The number of carbonyl (C=O) groups is 1. The van der Waals surface area contributed by atoms with Crippen molar-refractivity contribution in [1.29, 1.82) is 0 Å². The van der Waals surface area contributed by atoms with Crippen molar-refractivity contribution >= 4 is 17.3 Å². The van der Waals surface area contributed by atoms with Crippen molar-refractivity contribution < 1.29 is 4.79 Å². The van der Waals surface area contributed by atoms with Gasteiger partial charge in [-0.05, 0) is 56.5 Å². The summed E-state index contributed by atoms with van der Waals surface area (Å²) < 4.78 is 0. The van der Waals surface area contributed by atoms with E-state index in [1.807, 2.05) is 12.1 Å². The first-order valence-corrected chi connectivity index (χ1v) is 9.90. The monoisotopic (exact) mass is 380 g/mol. The molecule has 1 aromatic heterocycles. The summed E-state index contributed by atoms with van der Waals surface area (Å²) in [6, 6.07) is 10.4. The van der Waals surface area contributed by atoms with E-state index in [2.05, 4.69) is 67.3 Å². The van der Waals surface area contributed by atoms with Gasteiger partial charge in [-0.1, -0.05) is 25.6 Å². The highest BCUT2D eigenvalue weighted by Gasteiger charge is 2.13. The first kappa shape index (κ1) is 21.5. The Morgan fingerprint density at radius 2 is 2.00 bits per heavy atom. The van der Waals surface area contributed by atoms with E-state index in [1.54, 1.807) is 13.1 Å². The number of carbonyl (C=O) groups excluding carboxylic acids is 1. The van der Waals surface area contributed by atoms with Crippen molar-refractivity contribution in [3.05, 3.63) is 65.0 Å². The number of hydrogen-bond acceptors (Lipinski definition) is 4. The lowest BCUT2D eigenvalue weighted by Gasteiger charge is -2.17. The lowest BCUT2D eigenvalue weighted by atomic mass is 10.00. The maximum Gasteiger partial charge on any atom is 0.269 e. The third-order valence-corrected chi connectivity index (χ3v) is 4.90. The topological polar surface area (TPSA) is 66.0 Å². The highest BCUT2D eigenvalue weighted by Crippen LogP contribution is 2.23. The zero-order chi connectivity index (χ0) is 20.7. The average molecular weight is 381 g/mol. The normalized spacial score (nSPS) is 11.6. The second kappa shape index (κ2) is 9.93. The van der Waals surface area contributed by atoms with Crippen LogP contribution in [-0.2, 0) is 6.42 Å². The molecule has 0 bridgehead atoms. The number of amides is 1. The van der Waals surface area contributed by atoms with Crippen molar-refractivity contribution in [3.63, 3.8) is 0 Å². The summed E-state index contributed by atoms with van der Waals surface area (Å²) in [5.41, 5.74) is 6.47. The van der Waals surface area contributed by atoms with Crippen molar-refractivity contribution in [1.82, 2.24) is 15.6 Å². The summed E-state index contributed by atoms with van der Waals surface area (Å²) in [5, 5.41) is 9.45. The van der Waals surface area contributed by atoms with Crippen LogP contribution in [0.5, 0.6) is 0 Å². The standard InChI is InChI=1S/C23H32N4O/c1-7-15(3)26-17(5)19-13-20(27-22(14-19)23(28)24-6)12-18-10-9-11-21(16(18)4)25-8-2/h9-11,13-15,25-26H,5,7-8,12H2,1-4,6H3,(H,24,28)/t15-/m1/s1. The molecule has 0 saturated heterocycles.